The van der Waals surface area contributed by atoms with E-state index in [1.807, 2.05) is 6.07 Å². The summed E-state index contributed by atoms with van der Waals surface area (Å²) in [4.78, 5) is 24.5. The lowest BCUT2D eigenvalue weighted by Gasteiger charge is -2.49. The van der Waals surface area contributed by atoms with Crippen LogP contribution in [0.4, 0.5) is 0 Å². The van der Waals surface area contributed by atoms with Crippen LogP contribution < -0.4 is 5.32 Å². The Hall–Kier alpha value is -1.84. The Morgan fingerprint density at radius 3 is 2.39 bits per heavy atom. The Balaban J connectivity index is 1.97. The number of carboxylic acid groups (broad SMARTS) is 1. The van der Waals surface area contributed by atoms with E-state index in [0.29, 0.717) is 17.0 Å². The molecule has 23 heavy (non-hydrogen) atoms. The summed E-state index contributed by atoms with van der Waals surface area (Å²) >= 11 is 0. The molecule has 1 amide bonds. The van der Waals surface area contributed by atoms with Crippen molar-refractivity contribution in [3.63, 3.8) is 0 Å². The quantitative estimate of drug-likeness (QED) is 0.832. The zero-order valence-electron chi connectivity index (χ0n) is 14.1. The van der Waals surface area contributed by atoms with Gasteiger partial charge in [-0.15, -0.1) is 0 Å². The second-order valence-electron chi connectivity index (χ2n) is 8.11. The molecule has 1 spiro atoms. The molecule has 1 saturated carbocycles. The number of rotatable bonds is 1. The van der Waals surface area contributed by atoms with Crippen LogP contribution in [0, 0.1) is 11.3 Å². The van der Waals surface area contributed by atoms with Gasteiger partial charge in [-0.3, -0.25) is 9.59 Å². The van der Waals surface area contributed by atoms with Crippen molar-refractivity contribution in [3.8, 4) is 0 Å². The number of carbonyl (C=O) groups excluding carboxylic acids is 1. The fourth-order valence-electron chi connectivity index (χ4n) is 4.40. The zero-order chi connectivity index (χ0) is 16.8. The summed E-state index contributed by atoms with van der Waals surface area (Å²) < 4.78 is 0. The highest BCUT2D eigenvalue weighted by Crippen LogP contribution is 2.48. The molecule has 1 aromatic rings. The summed E-state index contributed by atoms with van der Waals surface area (Å²) in [7, 11) is 0. The third-order valence-electron chi connectivity index (χ3n) is 5.78. The van der Waals surface area contributed by atoms with Crippen molar-refractivity contribution in [2.45, 2.75) is 57.9 Å². The maximum Gasteiger partial charge on any atom is 0.313 e. The van der Waals surface area contributed by atoms with Gasteiger partial charge in [-0.25, -0.2) is 0 Å². The summed E-state index contributed by atoms with van der Waals surface area (Å²) in [5, 5.41) is 12.9. The van der Waals surface area contributed by atoms with E-state index in [1.165, 1.54) is 0 Å². The molecule has 0 saturated heterocycles. The molecule has 0 aromatic heterocycles. The number of fused-ring (bicyclic) bond motifs is 1. The largest absolute Gasteiger partial charge is 0.481 e. The number of carboxylic acids is 1. The topological polar surface area (TPSA) is 66.4 Å². The second-order valence-corrected chi connectivity index (χ2v) is 8.11. The third kappa shape index (κ3) is 2.64. The van der Waals surface area contributed by atoms with Crippen molar-refractivity contribution in [1.82, 2.24) is 5.32 Å². The number of aliphatic carboxylic acids is 1. The van der Waals surface area contributed by atoms with Gasteiger partial charge < -0.3 is 10.4 Å². The first-order valence-corrected chi connectivity index (χ1v) is 8.39. The van der Waals surface area contributed by atoms with E-state index in [4.69, 9.17) is 0 Å². The molecule has 1 aromatic carbocycles. The van der Waals surface area contributed by atoms with Gasteiger partial charge >= 0.3 is 5.97 Å². The average Bonchev–Trinajstić information content (AvgIpc) is 2.46. The Labute approximate surface area is 137 Å². The van der Waals surface area contributed by atoms with E-state index >= 15 is 0 Å². The molecule has 4 heteroatoms. The predicted octanol–water partition coefficient (Wildman–Crippen LogP) is 3.57. The fourth-order valence-corrected chi connectivity index (χ4v) is 4.40. The Morgan fingerprint density at radius 1 is 1.22 bits per heavy atom. The highest BCUT2D eigenvalue weighted by atomic mass is 16.4. The lowest BCUT2D eigenvalue weighted by molar-refractivity contribution is -0.141. The number of nitrogens with one attached hydrogen (secondary N) is 1. The van der Waals surface area contributed by atoms with Crippen LogP contribution in [0.25, 0.3) is 0 Å². The monoisotopic (exact) mass is 315 g/mol. The van der Waals surface area contributed by atoms with Crippen LogP contribution in [0.2, 0.25) is 0 Å². The molecule has 1 aliphatic carbocycles. The summed E-state index contributed by atoms with van der Waals surface area (Å²) in [6.07, 6.45) is 3.36. The van der Waals surface area contributed by atoms with Crippen LogP contribution >= 0.6 is 0 Å². The minimum Gasteiger partial charge on any atom is -0.481 e. The van der Waals surface area contributed by atoms with Gasteiger partial charge in [-0.2, -0.15) is 0 Å². The maximum atomic E-state index is 12.5. The molecule has 1 aliphatic heterocycles. The fraction of sp³-hybridized carbons (Fsp3) is 0.579. The number of amides is 1. The summed E-state index contributed by atoms with van der Waals surface area (Å²) in [5.74, 6) is -1.06. The highest BCUT2D eigenvalue weighted by molar-refractivity contribution is 6.00. The van der Waals surface area contributed by atoms with Crippen molar-refractivity contribution >= 4 is 11.9 Å². The van der Waals surface area contributed by atoms with Gasteiger partial charge in [0.1, 0.15) is 5.92 Å². The van der Waals surface area contributed by atoms with Gasteiger partial charge in [0.2, 0.25) is 0 Å². The van der Waals surface area contributed by atoms with Gasteiger partial charge in [-0.1, -0.05) is 39.0 Å². The first-order chi connectivity index (χ1) is 10.7. The van der Waals surface area contributed by atoms with Crippen LogP contribution in [0.3, 0.4) is 0 Å². The smallest absolute Gasteiger partial charge is 0.313 e. The van der Waals surface area contributed by atoms with Crippen molar-refractivity contribution in [2.75, 3.05) is 0 Å². The highest BCUT2D eigenvalue weighted by Gasteiger charge is 2.52. The zero-order valence-corrected chi connectivity index (χ0v) is 14.1. The van der Waals surface area contributed by atoms with Gasteiger partial charge in [-0.05, 0) is 48.6 Å². The standard InChI is InChI=1S/C19H25NO3/c1-18(2,3)12-8-10-19(11-9-12)15(17(22)23)13-6-4-5-7-14(13)16(21)20-19/h4-7,12,15H,8-11H2,1-3H3,(H,20,21)(H,22,23)/t12?,15-,19?/m0/s1. The van der Waals surface area contributed by atoms with E-state index in [2.05, 4.69) is 26.1 Å². The first kappa shape index (κ1) is 16.0. The van der Waals surface area contributed by atoms with Crippen molar-refractivity contribution < 1.29 is 14.7 Å². The van der Waals surface area contributed by atoms with Gasteiger partial charge in [0, 0.05) is 5.56 Å². The van der Waals surface area contributed by atoms with Crippen molar-refractivity contribution in [3.05, 3.63) is 35.4 Å². The van der Waals surface area contributed by atoms with E-state index in [1.54, 1.807) is 18.2 Å². The van der Waals surface area contributed by atoms with Crippen LogP contribution in [0.5, 0.6) is 0 Å². The van der Waals surface area contributed by atoms with E-state index in [-0.39, 0.29) is 11.3 Å². The molecule has 124 valence electrons. The molecule has 2 aliphatic rings. The number of hydrogen-bond acceptors (Lipinski definition) is 2. The molecule has 3 rings (SSSR count). The Morgan fingerprint density at radius 2 is 1.83 bits per heavy atom. The Bertz CT molecular complexity index is 636. The van der Waals surface area contributed by atoms with Gasteiger partial charge in [0.05, 0.1) is 5.54 Å². The van der Waals surface area contributed by atoms with Gasteiger partial charge in [0.25, 0.3) is 5.91 Å². The maximum absolute atomic E-state index is 12.5. The lowest BCUT2D eigenvalue weighted by atomic mass is 9.61. The minimum atomic E-state index is -0.841. The van der Waals surface area contributed by atoms with Crippen molar-refractivity contribution in [1.29, 1.82) is 0 Å². The molecular formula is C19H25NO3. The summed E-state index contributed by atoms with van der Waals surface area (Å²) in [6.45, 7) is 6.71. The van der Waals surface area contributed by atoms with E-state index in [9.17, 15) is 14.7 Å². The van der Waals surface area contributed by atoms with Crippen LogP contribution in [-0.2, 0) is 4.79 Å². The normalized spacial score (nSPS) is 30.7. The molecule has 4 nitrogen and oxygen atoms in total. The molecule has 1 heterocycles. The number of benzene rings is 1. The number of carbonyl (C=O) groups is 2. The molecule has 2 N–H and O–H groups in total. The average molecular weight is 315 g/mol. The van der Waals surface area contributed by atoms with Gasteiger partial charge in [0.15, 0.2) is 0 Å². The lowest BCUT2D eigenvalue weighted by Crippen LogP contribution is -2.60. The van der Waals surface area contributed by atoms with Crippen LogP contribution in [-0.4, -0.2) is 22.5 Å². The SMILES string of the molecule is CC(C)(C)C1CCC2(CC1)NC(=O)c1ccccc1[C@H]2C(=O)O. The Kier molecular flexibility index (Phi) is 3.74. The second kappa shape index (κ2) is 5.36. The van der Waals surface area contributed by atoms with Crippen LogP contribution in [0.15, 0.2) is 24.3 Å². The first-order valence-electron chi connectivity index (χ1n) is 8.39. The molecule has 1 fully saturated rings. The summed E-state index contributed by atoms with van der Waals surface area (Å²) in [5.41, 5.74) is 0.747. The number of hydrogen-bond donors (Lipinski definition) is 2. The molecule has 0 bridgehead atoms. The molecule has 0 radical (unpaired) electrons. The van der Waals surface area contributed by atoms with E-state index in [0.717, 1.165) is 25.7 Å². The minimum absolute atomic E-state index is 0.132. The third-order valence-corrected chi connectivity index (χ3v) is 5.78. The molecular weight excluding hydrogens is 290 g/mol. The summed E-state index contributed by atoms with van der Waals surface area (Å²) in [6, 6.07) is 7.12. The predicted molar refractivity (Wildman–Crippen MR) is 88.4 cm³/mol. The molecule has 0 unspecified atom stereocenters. The molecule has 1 atom stereocenters. The van der Waals surface area contributed by atoms with Crippen molar-refractivity contribution in [2.24, 2.45) is 11.3 Å². The van der Waals surface area contributed by atoms with E-state index < -0.39 is 17.4 Å². The van der Waals surface area contributed by atoms with Crippen LogP contribution in [0.1, 0.15) is 68.3 Å².